The lowest BCUT2D eigenvalue weighted by Gasteiger charge is -2.17. The number of hydrogen-bond donors (Lipinski definition) is 3. The summed E-state index contributed by atoms with van der Waals surface area (Å²) in [5.74, 6) is -0.595. The number of anilines is 1. The summed E-state index contributed by atoms with van der Waals surface area (Å²) in [7, 11) is -2.66. The summed E-state index contributed by atoms with van der Waals surface area (Å²) in [6.07, 6.45) is 0.248. The molecule has 0 aliphatic rings. The number of rotatable bonds is 6. The first-order valence-corrected chi connectivity index (χ1v) is 9.16. The molecular weight excluding hydrogens is 358 g/mol. The second-order valence-corrected chi connectivity index (χ2v) is 7.00. The van der Waals surface area contributed by atoms with Gasteiger partial charge in [0.2, 0.25) is 10.0 Å². The van der Waals surface area contributed by atoms with Crippen molar-refractivity contribution in [3.05, 3.63) is 60.2 Å². The van der Waals surface area contributed by atoms with Crippen LogP contribution in [-0.2, 0) is 26.0 Å². The van der Waals surface area contributed by atoms with Gasteiger partial charge in [-0.2, -0.15) is 0 Å². The van der Waals surface area contributed by atoms with Crippen molar-refractivity contribution in [1.82, 2.24) is 5.32 Å². The van der Waals surface area contributed by atoms with Crippen LogP contribution in [0, 0.1) is 0 Å². The number of benzene rings is 2. The lowest BCUT2D eigenvalue weighted by molar-refractivity contribution is -0.142. The predicted octanol–water partition coefficient (Wildman–Crippen LogP) is 1.24. The normalized spacial score (nSPS) is 12.1. The van der Waals surface area contributed by atoms with Gasteiger partial charge in [0, 0.05) is 12.1 Å². The van der Waals surface area contributed by atoms with E-state index in [9.17, 15) is 18.0 Å². The second kappa shape index (κ2) is 8.45. The van der Waals surface area contributed by atoms with Crippen molar-refractivity contribution in [2.45, 2.75) is 17.4 Å². The Morgan fingerprint density at radius 3 is 2.42 bits per heavy atom. The fourth-order valence-corrected chi connectivity index (χ4v) is 2.82. The topological polar surface area (TPSA) is 128 Å². The van der Waals surface area contributed by atoms with Crippen molar-refractivity contribution in [2.75, 3.05) is 12.4 Å². The van der Waals surface area contributed by atoms with E-state index < -0.39 is 28.1 Å². The highest BCUT2D eigenvalue weighted by molar-refractivity contribution is 7.89. The van der Waals surface area contributed by atoms with Gasteiger partial charge >= 0.3 is 12.0 Å². The number of carbonyl (C=O) groups excluding carboxylic acids is 2. The molecule has 2 aromatic carbocycles. The molecule has 2 rings (SSSR count). The summed E-state index contributed by atoms with van der Waals surface area (Å²) in [5, 5.41) is 10.1. The first-order chi connectivity index (χ1) is 12.3. The number of nitrogens with one attached hydrogen (secondary N) is 2. The van der Waals surface area contributed by atoms with Crippen molar-refractivity contribution in [2.24, 2.45) is 5.14 Å². The van der Waals surface area contributed by atoms with Gasteiger partial charge in [0.05, 0.1) is 12.0 Å². The molecule has 2 aromatic rings. The third-order valence-corrected chi connectivity index (χ3v) is 4.41. The number of methoxy groups -OCH3 is 1. The van der Waals surface area contributed by atoms with E-state index in [0.29, 0.717) is 0 Å². The molecule has 26 heavy (non-hydrogen) atoms. The molecule has 138 valence electrons. The maximum atomic E-state index is 12.2. The van der Waals surface area contributed by atoms with Crippen LogP contribution in [0.15, 0.2) is 59.5 Å². The van der Waals surface area contributed by atoms with Gasteiger partial charge in [0.15, 0.2) is 0 Å². The SMILES string of the molecule is COC(=O)C(Cc1ccccc1)NC(=O)Nc1cccc(S(N)(=O)=O)c1. The van der Waals surface area contributed by atoms with E-state index in [1.165, 1.54) is 31.4 Å². The van der Waals surface area contributed by atoms with E-state index in [0.717, 1.165) is 5.56 Å². The molecule has 1 unspecified atom stereocenters. The number of esters is 1. The van der Waals surface area contributed by atoms with Crippen LogP contribution in [0.2, 0.25) is 0 Å². The van der Waals surface area contributed by atoms with Crippen LogP contribution in [0.4, 0.5) is 10.5 Å². The average molecular weight is 377 g/mol. The summed E-state index contributed by atoms with van der Waals surface area (Å²) >= 11 is 0. The van der Waals surface area contributed by atoms with Gasteiger partial charge in [-0.1, -0.05) is 36.4 Å². The van der Waals surface area contributed by atoms with Crippen molar-refractivity contribution < 1.29 is 22.7 Å². The van der Waals surface area contributed by atoms with Gasteiger partial charge in [0.25, 0.3) is 0 Å². The van der Waals surface area contributed by atoms with Crippen LogP contribution in [0.25, 0.3) is 0 Å². The van der Waals surface area contributed by atoms with Crippen molar-refractivity contribution in [1.29, 1.82) is 0 Å². The summed E-state index contributed by atoms with van der Waals surface area (Å²) < 4.78 is 27.5. The van der Waals surface area contributed by atoms with Crippen LogP contribution < -0.4 is 15.8 Å². The summed E-state index contributed by atoms with van der Waals surface area (Å²) in [6, 6.07) is 13.0. The highest BCUT2D eigenvalue weighted by atomic mass is 32.2. The zero-order valence-electron chi connectivity index (χ0n) is 14.0. The van der Waals surface area contributed by atoms with Gasteiger partial charge in [-0.3, -0.25) is 0 Å². The Balaban J connectivity index is 2.09. The monoisotopic (exact) mass is 377 g/mol. The summed E-state index contributed by atoms with van der Waals surface area (Å²) in [4.78, 5) is 24.0. The van der Waals surface area contributed by atoms with E-state index in [4.69, 9.17) is 9.88 Å². The number of amides is 2. The number of ether oxygens (including phenoxy) is 1. The van der Waals surface area contributed by atoms with E-state index in [1.807, 2.05) is 30.3 Å². The third kappa shape index (κ3) is 5.57. The van der Waals surface area contributed by atoms with Crippen LogP contribution in [0.3, 0.4) is 0 Å². The predicted molar refractivity (Wildman–Crippen MR) is 95.9 cm³/mol. The van der Waals surface area contributed by atoms with Crippen molar-refractivity contribution >= 4 is 27.7 Å². The molecule has 0 heterocycles. The quantitative estimate of drug-likeness (QED) is 0.653. The molecule has 0 saturated heterocycles. The molecule has 0 bridgehead atoms. The molecule has 8 nitrogen and oxygen atoms in total. The summed E-state index contributed by atoms with van der Waals surface area (Å²) in [6.45, 7) is 0. The van der Waals surface area contributed by atoms with Crippen LogP contribution in [0.5, 0.6) is 0 Å². The zero-order valence-corrected chi connectivity index (χ0v) is 14.8. The number of primary sulfonamides is 1. The van der Waals surface area contributed by atoms with Crippen molar-refractivity contribution in [3.8, 4) is 0 Å². The number of nitrogens with two attached hydrogens (primary N) is 1. The Bertz CT molecular complexity index is 884. The molecule has 0 aliphatic heterocycles. The average Bonchev–Trinajstić information content (AvgIpc) is 2.61. The van der Waals surface area contributed by atoms with Gasteiger partial charge in [-0.05, 0) is 23.8 Å². The van der Waals surface area contributed by atoms with E-state index in [1.54, 1.807) is 0 Å². The molecule has 0 aliphatic carbocycles. The molecular formula is C17H19N3O5S. The van der Waals surface area contributed by atoms with Gasteiger partial charge in [0.1, 0.15) is 6.04 Å². The number of urea groups is 1. The van der Waals surface area contributed by atoms with Gasteiger partial charge < -0.3 is 15.4 Å². The molecule has 9 heteroatoms. The number of sulfonamides is 1. The Morgan fingerprint density at radius 1 is 1.12 bits per heavy atom. The summed E-state index contributed by atoms with van der Waals surface area (Å²) in [5.41, 5.74) is 1.07. The lowest BCUT2D eigenvalue weighted by Crippen LogP contribution is -2.45. The van der Waals surface area contributed by atoms with Gasteiger partial charge in [-0.25, -0.2) is 23.1 Å². The van der Waals surface area contributed by atoms with Crippen molar-refractivity contribution in [3.63, 3.8) is 0 Å². The minimum absolute atomic E-state index is 0.135. The maximum absolute atomic E-state index is 12.2. The first kappa shape index (κ1) is 19.4. The number of hydrogen-bond acceptors (Lipinski definition) is 5. The Hall–Kier alpha value is -2.91. The zero-order chi connectivity index (χ0) is 19.2. The largest absolute Gasteiger partial charge is 0.467 e. The fourth-order valence-electron chi connectivity index (χ4n) is 2.26. The molecule has 0 spiro atoms. The number of carbonyl (C=O) groups is 2. The first-order valence-electron chi connectivity index (χ1n) is 7.61. The lowest BCUT2D eigenvalue weighted by atomic mass is 10.1. The molecule has 2 amide bonds. The molecule has 0 radical (unpaired) electrons. The highest BCUT2D eigenvalue weighted by Crippen LogP contribution is 2.14. The fraction of sp³-hybridized carbons (Fsp3) is 0.176. The van der Waals surface area contributed by atoms with Gasteiger partial charge in [-0.15, -0.1) is 0 Å². The van der Waals surface area contributed by atoms with E-state index in [-0.39, 0.29) is 17.0 Å². The van der Waals surface area contributed by atoms with Crippen LogP contribution in [-0.4, -0.2) is 33.6 Å². The smallest absolute Gasteiger partial charge is 0.328 e. The van der Waals surface area contributed by atoms with Crippen LogP contribution >= 0.6 is 0 Å². The standard InChI is InChI=1S/C17H19N3O5S/c1-25-16(21)15(10-12-6-3-2-4-7-12)20-17(22)19-13-8-5-9-14(11-13)26(18,23)24/h2-9,11,15H,10H2,1H3,(H2,18,23,24)(H2,19,20,22). The van der Waals surface area contributed by atoms with E-state index >= 15 is 0 Å². The Morgan fingerprint density at radius 2 is 1.81 bits per heavy atom. The Kier molecular flexibility index (Phi) is 6.31. The minimum atomic E-state index is -3.89. The highest BCUT2D eigenvalue weighted by Gasteiger charge is 2.22. The van der Waals surface area contributed by atoms with E-state index in [2.05, 4.69) is 10.6 Å². The molecule has 0 aromatic heterocycles. The molecule has 0 fully saturated rings. The van der Waals surface area contributed by atoms with Crippen LogP contribution in [0.1, 0.15) is 5.56 Å². The second-order valence-electron chi connectivity index (χ2n) is 5.44. The molecule has 1 atom stereocenters. The molecule has 4 N–H and O–H groups in total. The minimum Gasteiger partial charge on any atom is -0.467 e. The maximum Gasteiger partial charge on any atom is 0.328 e. The molecule has 0 saturated carbocycles. The Labute approximate surface area is 151 Å². The third-order valence-electron chi connectivity index (χ3n) is 3.49.